The highest BCUT2D eigenvalue weighted by Gasteiger charge is 2.44. The Morgan fingerprint density at radius 2 is 1.92 bits per heavy atom. The molecule has 1 unspecified atom stereocenters. The van der Waals surface area contributed by atoms with Crippen LogP contribution in [0.15, 0.2) is 18.2 Å². The van der Waals surface area contributed by atoms with Gasteiger partial charge in [-0.15, -0.1) is 0 Å². The van der Waals surface area contributed by atoms with Gasteiger partial charge in [-0.25, -0.2) is 0 Å². The average molecular weight is 344 g/mol. The molecule has 3 aliphatic rings. The molecule has 5 heteroatoms. The van der Waals surface area contributed by atoms with Gasteiger partial charge in [0.25, 0.3) is 0 Å². The van der Waals surface area contributed by atoms with Crippen LogP contribution in [0.2, 0.25) is 0 Å². The number of likely N-dealkylation sites (tertiary alicyclic amines) is 2. The third-order valence-corrected chi connectivity index (χ3v) is 6.27. The fourth-order valence-corrected chi connectivity index (χ4v) is 4.65. The molecule has 1 aromatic rings. The van der Waals surface area contributed by atoms with Crippen LogP contribution in [0, 0.1) is 5.92 Å². The first-order valence-corrected chi connectivity index (χ1v) is 9.43. The topological polar surface area (TPSA) is 42.0 Å². The molecule has 4 rings (SSSR count). The van der Waals surface area contributed by atoms with Gasteiger partial charge in [-0.2, -0.15) is 0 Å². The molecular weight excluding hydrogens is 316 g/mol. The number of hydrogen-bond donors (Lipinski definition) is 0. The largest absolute Gasteiger partial charge is 0.454 e. The predicted molar refractivity (Wildman–Crippen MR) is 95.8 cm³/mol. The normalized spacial score (nSPS) is 23.4. The van der Waals surface area contributed by atoms with Gasteiger partial charge in [0.15, 0.2) is 11.5 Å². The van der Waals surface area contributed by atoms with Crippen LogP contribution in [0.4, 0.5) is 0 Å². The van der Waals surface area contributed by atoms with Gasteiger partial charge in [0.05, 0.1) is 0 Å². The Balaban J connectivity index is 1.29. The van der Waals surface area contributed by atoms with Crippen molar-refractivity contribution in [3.05, 3.63) is 23.8 Å². The molecule has 136 valence electrons. The highest BCUT2D eigenvalue weighted by Crippen LogP contribution is 2.38. The SMILES string of the molecule is CC(Cc1ccc2c(c1)OCO2)CN1CCC2(CCC(=O)N2C)CC1. The monoisotopic (exact) mass is 344 g/mol. The van der Waals surface area contributed by atoms with Crippen molar-refractivity contribution in [3.63, 3.8) is 0 Å². The Bertz CT molecular complexity index is 652. The van der Waals surface area contributed by atoms with Crippen molar-refractivity contribution in [1.82, 2.24) is 9.80 Å². The van der Waals surface area contributed by atoms with Crippen LogP contribution >= 0.6 is 0 Å². The van der Waals surface area contributed by atoms with Crippen molar-refractivity contribution < 1.29 is 14.3 Å². The van der Waals surface area contributed by atoms with Gasteiger partial charge in [0.2, 0.25) is 12.7 Å². The Morgan fingerprint density at radius 1 is 1.16 bits per heavy atom. The molecule has 5 nitrogen and oxygen atoms in total. The molecule has 0 bridgehead atoms. The van der Waals surface area contributed by atoms with E-state index in [1.165, 1.54) is 5.56 Å². The number of amides is 1. The lowest BCUT2D eigenvalue weighted by molar-refractivity contribution is -0.130. The zero-order valence-electron chi connectivity index (χ0n) is 15.3. The van der Waals surface area contributed by atoms with E-state index in [-0.39, 0.29) is 5.54 Å². The Kier molecular flexibility index (Phi) is 4.36. The second kappa shape index (κ2) is 6.52. The van der Waals surface area contributed by atoms with Crippen molar-refractivity contribution in [3.8, 4) is 11.5 Å². The summed E-state index contributed by atoms with van der Waals surface area (Å²) in [7, 11) is 1.99. The summed E-state index contributed by atoms with van der Waals surface area (Å²) < 4.78 is 10.9. The van der Waals surface area contributed by atoms with Crippen LogP contribution < -0.4 is 9.47 Å². The van der Waals surface area contributed by atoms with Crippen molar-refractivity contribution in [2.24, 2.45) is 5.92 Å². The molecule has 1 spiro atoms. The van der Waals surface area contributed by atoms with Crippen LogP contribution in [0.3, 0.4) is 0 Å². The van der Waals surface area contributed by atoms with Crippen LogP contribution in [0.5, 0.6) is 11.5 Å². The van der Waals surface area contributed by atoms with Crippen molar-refractivity contribution in [2.75, 3.05) is 33.5 Å². The van der Waals surface area contributed by atoms with E-state index in [2.05, 4.69) is 24.0 Å². The standard InChI is InChI=1S/C20H28N2O3/c1-15(11-16-3-4-17-18(12-16)25-14-24-17)13-22-9-7-20(8-10-22)6-5-19(23)21(20)2/h3-4,12,15H,5-11,13-14H2,1-2H3. The summed E-state index contributed by atoms with van der Waals surface area (Å²) in [4.78, 5) is 16.5. The third-order valence-electron chi connectivity index (χ3n) is 6.27. The number of carbonyl (C=O) groups excluding carboxylic acids is 1. The van der Waals surface area contributed by atoms with Gasteiger partial charge in [-0.1, -0.05) is 13.0 Å². The minimum absolute atomic E-state index is 0.147. The van der Waals surface area contributed by atoms with E-state index >= 15 is 0 Å². The van der Waals surface area contributed by atoms with Crippen LogP contribution in [0.1, 0.15) is 38.2 Å². The highest BCUT2D eigenvalue weighted by molar-refractivity contribution is 5.79. The molecule has 2 saturated heterocycles. The predicted octanol–water partition coefficient (Wildman–Crippen LogP) is 2.68. The summed E-state index contributed by atoms with van der Waals surface area (Å²) in [6.07, 6.45) is 5.06. The number of carbonyl (C=O) groups is 1. The lowest BCUT2D eigenvalue weighted by Crippen LogP contribution is -2.52. The number of piperidine rings is 1. The first kappa shape index (κ1) is 16.7. The molecule has 0 aromatic heterocycles. The van der Waals surface area contributed by atoms with Crippen molar-refractivity contribution in [2.45, 2.75) is 44.6 Å². The zero-order chi connectivity index (χ0) is 17.4. The van der Waals surface area contributed by atoms with Gasteiger partial charge >= 0.3 is 0 Å². The molecule has 0 saturated carbocycles. The van der Waals surface area contributed by atoms with E-state index in [0.29, 0.717) is 18.6 Å². The molecule has 3 heterocycles. The van der Waals surface area contributed by atoms with E-state index < -0.39 is 0 Å². The summed E-state index contributed by atoms with van der Waals surface area (Å²) in [5.41, 5.74) is 1.46. The molecule has 1 amide bonds. The fraction of sp³-hybridized carbons (Fsp3) is 0.650. The fourth-order valence-electron chi connectivity index (χ4n) is 4.65. The number of fused-ring (bicyclic) bond motifs is 1. The smallest absolute Gasteiger partial charge is 0.231 e. The molecule has 0 N–H and O–H groups in total. The lowest BCUT2D eigenvalue weighted by atomic mass is 9.85. The molecular formula is C20H28N2O3. The van der Waals surface area contributed by atoms with E-state index in [0.717, 1.165) is 63.2 Å². The first-order valence-electron chi connectivity index (χ1n) is 9.43. The minimum atomic E-state index is 0.147. The van der Waals surface area contributed by atoms with Gasteiger partial charge in [0, 0.05) is 38.6 Å². The number of hydrogen-bond acceptors (Lipinski definition) is 4. The number of ether oxygens (including phenoxy) is 2. The second-order valence-corrected chi connectivity index (χ2v) is 7.97. The summed E-state index contributed by atoms with van der Waals surface area (Å²) in [6.45, 7) is 5.97. The molecule has 1 aromatic carbocycles. The van der Waals surface area contributed by atoms with E-state index in [1.807, 2.05) is 18.0 Å². The lowest BCUT2D eigenvalue weighted by Gasteiger charge is -2.44. The Hall–Kier alpha value is -1.75. The number of benzene rings is 1. The Labute approximate surface area is 149 Å². The van der Waals surface area contributed by atoms with Gasteiger partial charge in [-0.3, -0.25) is 4.79 Å². The maximum Gasteiger partial charge on any atom is 0.231 e. The quantitative estimate of drug-likeness (QED) is 0.842. The van der Waals surface area contributed by atoms with Gasteiger partial charge in [-0.05, 0) is 49.3 Å². The van der Waals surface area contributed by atoms with Gasteiger partial charge < -0.3 is 19.3 Å². The molecule has 0 aliphatic carbocycles. The second-order valence-electron chi connectivity index (χ2n) is 7.97. The molecule has 0 radical (unpaired) electrons. The number of nitrogens with zero attached hydrogens (tertiary/aromatic N) is 2. The molecule has 25 heavy (non-hydrogen) atoms. The summed E-state index contributed by atoms with van der Waals surface area (Å²) >= 11 is 0. The van der Waals surface area contributed by atoms with Crippen LogP contribution in [-0.2, 0) is 11.2 Å². The summed E-state index contributed by atoms with van der Waals surface area (Å²) in [5.74, 6) is 2.65. The minimum Gasteiger partial charge on any atom is -0.454 e. The van der Waals surface area contributed by atoms with Crippen molar-refractivity contribution >= 4 is 5.91 Å². The van der Waals surface area contributed by atoms with Crippen LogP contribution in [-0.4, -0.2) is 54.7 Å². The molecule has 3 aliphatic heterocycles. The van der Waals surface area contributed by atoms with E-state index in [4.69, 9.17) is 9.47 Å². The van der Waals surface area contributed by atoms with Crippen LogP contribution in [0.25, 0.3) is 0 Å². The summed E-state index contributed by atoms with van der Waals surface area (Å²) in [6, 6.07) is 6.28. The van der Waals surface area contributed by atoms with E-state index in [1.54, 1.807) is 0 Å². The maximum atomic E-state index is 11.9. The van der Waals surface area contributed by atoms with Gasteiger partial charge in [0.1, 0.15) is 0 Å². The molecule has 1 atom stereocenters. The first-order chi connectivity index (χ1) is 12.1. The zero-order valence-corrected chi connectivity index (χ0v) is 15.3. The maximum absolute atomic E-state index is 11.9. The Morgan fingerprint density at radius 3 is 2.64 bits per heavy atom. The van der Waals surface area contributed by atoms with E-state index in [9.17, 15) is 4.79 Å². The average Bonchev–Trinajstić information content (AvgIpc) is 3.17. The van der Waals surface area contributed by atoms with Crippen molar-refractivity contribution in [1.29, 1.82) is 0 Å². The summed E-state index contributed by atoms with van der Waals surface area (Å²) in [5, 5.41) is 0. The molecule has 2 fully saturated rings. The third kappa shape index (κ3) is 3.22. The highest BCUT2D eigenvalue weighted by atomic mass is 16.7. The number of rotatable bonds is 4.